The van der Waals surface area contributed by atoms with Crippen molar-refractivity contribution < 1.29 is 0 Å². The predicted molar refractivity (Wildman–Crippen MR) is 93.5 cm³/mol. The van der Waals surface area contributed by atoms with Gasteiger partial charge in [0.2, 0.25) is 0 Å². The lowest BCUT2D eigenvalue weighted by Gasteiger charge is -2.08. The number of hydrogen-bond acceptors (Lipinski definition) is 1. The lowest BCUT2D eigenvalue weighted by Crippen LogP contribution is -1.93. The second-order valence-corrected chi connectivity index (χ2v) is 5.51. The zero-order valence-electron chi connectivity index (χ0n) is 11.5. The number of benzene rings is 3. The van der Waals surface area contributed by atoms with Crippen molar-refractivity contribution in [2.45, 2.75) is 5.75 Å². The maximum atomic E-state index is 4.33. The summed E-state index contributed by atoms with van der Waals surface area (Å²) in [6.07, 6.45) is 0. The number of hydrogen-bond donors (Lipinski definition) is 1. The fourth-order valence-electron chi connectivity index (χ4n) is 2.95. The van der Waals surface area contributed by atoms with E-state index in [9.17, 15) is 0 Å². The number of rotatable bonds is 2. The number of para-hydroxylation sites is 2. The summed E-state index contributed by atoms with van der Waals surface area (Å²) >= 11 is 4.33. The molecule has 0 aliphatic heterocycles. The van der Waals surface area contributed by atoms with Gasteiger partial charge in [0.25, 0.3) is 0 Å². The third-order valence-electron chi connectivity index (χ3n) is 3.96. The molecule has 0 aliphatic rings. The second kappa shape index (κ2) is 4.97. The van der Waals surface area contributed by atoms with Gasteiger partial charge < -0.3 is 4.57 Å². The van der Waals surface area contributed by atoms with E-state index in [1.165, 1.54) is 33.1 Å². The van der Waals surface area contributed by atoms with Crippen LogP contribution in [0.4, 0.5) is 0 Å². The summed E-state index contributed by atoms with van der Waals surface area (Å²) in [5, 5.41) is 2.60. The van der Waals surface area contributed by atoms with Crippen LogP contribution in [0.5, 0.6) is 0 Å². The summed E-state index contributed by atoms with van der Waals surface area (Å²) in [6.45, 7) is 0. The van der Waals surface area contributed by atoms with Crippen LogP contribution in [0.2, 0.25) is 0 Å². The quantitative estimate of drug-likeness (QED) is 0.483. The Hall–Kier alpha value is -2.19. The number of fused-ring (bicyclic) bond motifs is 3. The van der Waals surface area contributed by atoms with Crippen LogP contribution in [0, 0.1) is 0 Å². The molecule has 0 unspecified atom stereocenters. The molecule has 1 nitrogen and oxygen atoms in total. The molecule has 102 valence electrons. The van der Waals surface area contributed by atoms with E-state index in [4.69, 9.17) is 0 Å². The van der Waals surface area contributed by atoms with Crippen molar-refractivity contribution in [3.8, 4) is 5.69 Å². The van der Waals surface area contributed by atoms with Gasteiger partial charge in [-0.25, -0.2) is 0 Å². The highest BCUT2D eigenvalue weighted by atomic mass is 32.1. The molecule has 1 aromatic heterocycles. The van der Waals surface area contributed by atoms with E-state index in [2.05, 4.69) is 90.0 Å². The minimum atomic E-state index is 0.771. The third kappa shape index (κ3) is 1.95. The summed E-state index contributed by atoms with van der Waals surface area (Å²) in [4.78, 5) is 0. The lowest BCUT2D eigenvalue weighted by atomic mass is 10.2. The first-order valence-electron chi connectivity index (χ1n) is 7.07. The highest BCUT2D eigenvalue weighted by Gasteiger charge is 2.10. The largest absolute Gasteiger partial charge is 0.309 e. The van der Waals surface area contributed by atoms with Crippen LogP contribution in [-0.4, -0.2) is 4.57 Å². The van der Waals surface area contributed by atoms with E-state index >= 15 is 0 Å². The molecule has 0 spiro atoms. The number of aromatic nitrogens is 1. The molecule has 3 aromatic carbocycles. The van der Waals surface area contributed by atoms with Gasteiger partial charge in [0.1, 0.15) is 0 Å². The molecule has 4 rings (SSSR count). The molecular formula is C19H15NS. The molecule has 4 aromatic rings. The van der Waals surface area contributed by atoms with Crippen molar-refractivity contribution in [2.24, 2.45) is 0 Å². The Bertz CT molecular complexity index is 866. The summed E-state index contributed by atoms with van der Waals surface area (Å²) in [6, 6.07) is 25.8. The van der Waals surface area contributed by atoms with E-state index in [1.807, 2.05) is 0 Å². The van der Waals surface area contributed by atoms with Gasteiger partial charge in [0.05, 0.1) is 11.0 Å². The molecule has 0 N–H and O–H groups in total. The Balaban J connectivity index is 2.09. The zero-order valence-corrected chi connectivity index (χ0v) is 12.4. The Labute approximate surface area is 129 Å². The van der Waals surface area contributed by atoms with Crippen LogP contribution in [-0.2, 0) is 5.75 Å². The highest BCUT2D eigenvalue weighted by Crippen LogP contribution is 2.31. The van der Waals surface area contributed by atoms with Crippen molar-refractivity contribution in [1.82, 2.24) is 4.57 Å². The molecule has 0 saturated heterocycles. The summed E-state index contributed by atoms with van der Waals surface area (Å²) in [5.41, 5.74) is 4.93. The van der Waals surface area contributed by atoms with Gasteiger partial charge in [-0.3, -0.25) is 0 Å². The molecule has 0 aliphatic carbocycles. The molecule has 0 radical (unpaired) electrons. The van der Waals surface area contributed by atoms with Crippen molar-refractivity contribution in [3.05, 3.63) is 78.4 Å². The van der Waals surface area contributed by atoms with Gasteiger partial charge in [0, 0.05) is 22.2 Å². The van der Waals surface area contributed by atoms with Gasteiger partial charge >= 0.3 is 0 Å². The van der Waals surface area contributed by atoms with Crippen molar-refractivity contribution in [2.75, 3.05) is 0 Å². The average molecular weight is 289 g/mol. The highest BCUT2D eigenvalue weighted by molar-refractivity contribution is 7.79. The smallest absolute Gasteiger partial charge is 0.0541 e. The summed E-state index contributed by atoms with van der Waals surface area (Å²) in [5.74, 6) is 0.771. The Morgan fingerprint density at radius 1 is 0.667 bits per heavy atom. The molecule has 0 amide bonds. The Kier molecular flexibility index (Phi) is 2.97. The number of nitrogens with zero attached hydrogens (tertiary/aromatic N) is 1. The fourth-order valence-corrected chi connectivity index (χ4v) is 3.16. The summed E-state index contributed by atoms with van der Waals surface area (Å²) < 4.78 is 2.33. The average Bonchev–Trinajstić information content (AvgIpc) is 2.90. The molecule has 0 atom stereocenters. The normalized spacial score (nSPS) is 11.3. The number of thiol groups is 1. The topological polar surface area (TPSA) is 4.93 Å². The fraction of sp³-hybridized carbons (Fsp3) is 0.0526. The lowest BCUT2D eigenvalue weighted by molar-refractivity contribution is 1.17. The molecule has 0 saturated carbocycles. The molecular weight excluding hydrogens is 274 g/mol. The predicted octanol–water partition coefficient (Wildman–Crippen LogP) is 5.21. The molecule has 21 heavy (non-hydrogen) atoms. The van der Waals surface area contributed by atoms with Crippen molar-refractivity contribution in [3.63, 3.8) is 0 Å². The first kappa shape index (κ1) is 12.5. The first-order valence-corrected chi connectivity index (χ1v) is 7.70. The summed E-state index contributed by atoms with van der Waals surface area (Å²) in [7, 11) is 0. The van der Waals surface area contributed by atoms with E-state index in [0.717, 1.165) is 5.75 Å². The Morgan fingerprint density at radius 2 is 1.19 bits per heavy atom. The van der Waals surface area contributed by atoms with Crippen LogP contribution in [0.3, 0.4) is 0 Å². The minimum Gasteiger partial charge on any atom is -0.309 e. The SMILES string of the molecule is SCc1ccc(-n2c3ccccc3c3ccccc32)cc1. The monoisotopic (exact) mass is 289 g/mol. The standard InChI is InChI=1S/C19H15NS/c21-13-14-9-11-15(12-10-14)20-18-7-3-1-5-16(18)17-6-2-4-8-19(17)20/h1-12,21H,13H2. The first-order chi connectivity index (χ1) is 10.4. The van der Waals surface area contributed by atoms with Crippen molar-refractivity contribution >= 4 is 34.4 Å². The van der Waals surface area contributed by atoms with Gasteiger partial charge in [-0.2, -0.15) is 12.6 Å². The molecule has 0 fully saturated rings. The van der Waals surface area contributed by atoms with Gasteiger partial charge in [-0.05, 0) is 29.8 Å². The van der Waals surface area contributed by atoms with E-state index in [-0.39, 0.29) is 0 Å². The molecule has 0 bridgehead atoms. The molecule has 1 heterocycles. The molecule has 2 heteroatoms. The maximum absolute atomic E-state index is 4.33. The van der Waals surface area contributed by atoms with Crippen molar-refractivity contribution in [1.29, 1.82) is 0 Å². The van der Waals surface area contributed by atoms with Crippen LogP contribution in [0.15, 0.2) is 72.8 Å². The minimum absolute atomic E-state index is 0.771. The van der Waals surface area contributed by atoms with Crippen LogP contribution in [0.1, 0.15) is 5.56 Å². The zero-order chi connectivity index (χ0) is 14.2. The van der Waals surface area contributed by atoms with Gasteiger partial charge in [-0.15, -0.1) is 0 Å². The van der Waals surface area contributed by atoms with Gasteiger partial charge in [-0.1, -0.05) is 48.5 Å². The van der Waals surface area contributed by atoms with E-state index in [0.29, 0.717) is 0 Å². The van der Waals surface area contributed by atoms with E-state index < -0.39 is 0 Å². The Morgan fingerprint density at radius 3 is 1.71 bits per heavy atom. The van der Waals surface area contributed by atoms with Gasteiger partial charge in [0.15, 0.2) is 0 Å². The maximum Gasteiger partial charge on any atom is 0.0541 e. The van der Waals surface area contributed by atoms with Crippen LogP contribution in [0.25, 0.3) is 27.5 Å². The van der Waals surface area contributed by atoms with E-state index in [1.54, 1.807) is 0 Å². The second-order valence-electron chi connectivity index (χ2n) is 5.19. The third-order valence-corrected chi connectivity index (χ3v) is 4.32. The van der Waals surface area contributed by atoms with Crippen LogP contribution < -0.4 is 0 Å². The van der Waals surface area contributed by atoms with Crippen LogP contribution >= 0.6 is 12.6 Å².